The van der Waals surface area contributed by atoms with Crippen LogP contribution in [0.3, 0.4) is 0 Å². The highest BCUT2D eigenvalue weighted by Gasteiger charge is 2.23. The second kappa shape index (κ2) is 6.77. The van der Waals surface area contributed by atoms with Crippen molar-refractivity contribution in [2.75, 3.05) is 31.1 Å². The van der Waals surface area contributed by atoms with Crippen LogP contribution in [-0.2, 0) is 12.1 Å². The fourth-order valence-electron chi connectivity index (χ4n) is 3.42. The molecule has 8 heteroatoms. The van der Waals surface area contributed by atoms with E-state index in [4.69, 9.17) is 4.98 Å². The summed E-state index contributed by atoms with van der Waals surface area (Å²) in [5.41, 5.74) is 1.48. The number of piperazine rings is 1. The van der Waals surface area contributed by atoms with Gasteiger partial charge in [-0.3, -0.25) is 19.7 Å². The Balaban J connectivity index is 1.53. The number of anilines is 1. The van der Waals surface area contributed by atoms with Crippen molar-refractivity contribution in [2.45, 2.75) is 32.9 Å². The third-order valence-electron chi connectivity index (χ3n) is 4.86. The van der Waals surface area contributed by atoms with Crippen LogP contribution in [0.15, 0.2) is 35.5 Å². The van der Waals surface area contributed by atoms with Gasteiger partial charge < -0.3 is 4.90 Å². The predicted octanol–water partition coefficient (Wildman–Crippen LogP) is 1.59. The summed E-state index contributed by atoms with van der Waals surface area (Å²) in [7, 11) is 0. The van der Waals surface area contributed by atoms with E-state index < -0.39 is 0 Å². The standard InChI is InChI=1S/C19H25N7O/c1-19(2,3)26-16-15(12-21-26)17(27)23-18(22-16)25-9-7-24(8-10-25)13-14-5-4-6-20-11-14/h4-6,11-12H,7-10,13H2,1-3H3,(H,22,23,27). The molecule has 0 radical (unpaired) electrons. The fourth-order valence-corrected chi connectivity index (χ4v) is 3.42. The van der Waals surface area contributed by atoms with E-state index in [1.807, 2.05) is 16.9 Å². The maximum atomic E-state index is 12.5. The Morgan fingerprint density at radius 3 is 2.59 bits per heavy atom. The number of aromatic nitrogens is 5. The van der Waals surface area contributed by atoms with Gasteiger partial charge in [-0.05, 0) is 32.4 Å². The van der Waals surface area contributed by atoms with E-state index in [1.54, 1.807) is 12.4 Å². The molecule has 4 rings (SSSR count). The van der Waals surface area contributed by atoms with E-state index >= 15 is 0 Å². The summed E-state index contributed by atoms with van der Waals surface area (Å²) in [4.78, 5) is 28.9. The van der Waals surface area contributed by atoms with E-state index in [0.717, 1.165) is 32.7 Å². The van der Waals surface area contributed by atoms with Gasteiger partial charge in [0.25, 0.3) is 5.56 Å². The minimum atomic E-state index is -0.234. The first-order chi connectivity index (χ1) is 12.9. The fraction of sp³-hybridized carbons (Fsp3) is 0.474. The van der Waals surface area contributed by atoms with Crippen molar-refractivity contribution < 1.29 is 0 Å². The zero-order valence-corrected chi connectivity index (χ0v) is 16.0. The second-order valence-electron chi connectivity index (χ2n) is 7.98. The number of rotatable bonds is 3. The number of aromatic amines is 1. The number of hydrogen-bond acceptors (Lipinski definition) is 6. The molecule has 1 aliphatic heterocycles. The third kappa shape index (κ3) is 3.57. The molecule has 142 valence electrons. The minimum Gasteiger partial charge on any atom is -0.340 e. The van der Waals surface area contributed by atoms with E-state index in [9.17, 15) is 4.79 Å². The Bertz CT molecular complexity index is 979. The Hall–Kier alpha value is -2.74. The SMILES string of the molecule is CC(C)(C)n1ncc2c(=O)[nH]c(N3CCN(Cc4cccnc4)CC3)nc21. The Morgan fingerprint density at radius 1 is 1.15 bits per heavy atom. The monoisotopic (exact) mass is 367 g/mol. The van der Waals surface area contributed by atoms with Gasteiger partial charge in [0.2, 0.25) is 5.95 Å². The van der Waals surface area contributed by atoms with Gasteiger partial charge in [-0.25, -0.2) is 4.68 Å². The van der Waals surface area contributed by atoms with Gasteiger partial charge >= 0.3 is 0 Å². The number of nitrogens with one attached hydrogen (secondary N) is 1. The Kier molecular flexibility index (Phi) is 4.43. The Labute approximate surface area is 157 Å². The number of fused-ring (bicyclic) bond motifs is 1. The number of pyridine rings is 1. The van der Waals surface area contributed by atoms with Crippen LogP contribution in [0.1, 0.15) is 26.3 Å². The molecule has 27 heavy (non-hydrogen) atoms. The van der Waals surface area contributed by atoms with Gasteiger partial charge in [-0.2, -0.15) is 10.1 Å². The second-order valence-corrected chi connectivity index (χ2v) is 7.98. The van der Waals surface area contributed by atoms with Crippen LogP contribution in [0.4, 0.5) is 5.95 Å². The van der Waals surface area contributed by atoms with Crippen molar-refractivity contribution in [1.29, 1.82) is 0 Å². The van der Waals surface area contributed by atoms with Gasteiger partial charge in [0, 0.05) is 45.1 Å². The maximum absolute atomic E-state index is 12.5. The van der Waals surface area contributed by atoms with Crippen molar-refractivity contribution >= 4 is 17.0 Å². The molecule has 0 saturated carbocycles. The topological polar surface area (TPSA) is 82.9 Å². The first-order valence-electron chi connectivity index (χ1n) is 9.26. The summed E-state index contributed by atoms with van der Waals surface area (Å²) in [5, 5.41) is 4.91. The molecule has 0 atom stereocenters. The zero-order chi connectivity index (χ0) is 19.0. The highest BCUT2D eigenvalue weighted by Crippen LogP contribution is 2.20. The lowest BCUT2D eigenvalue weighted by Gasteiger charge is -2.35. The summed E-state index contributed by atoms with van der Waals surface area (Å²) < 4.78 is 1.82. The summed E-state index contributed by atoms with van der Waals surface area (Å²) >= 11 is 0. The van der Waals surface area contributed by atoms with Crippen molar-refractivity contribution in [3.05, 3.63) is 46.6 Å². The molecular formula is C19H25N7O. The van der Waals surface area contributed by atoms with Gasteiger partial charge in [-0.1, -0.05) is 6.07 Å². The Morgan fingerprint density at radius 2 is 1.93 bits per heavy atom. The highest BCUT2D eigenvalue weighted by atomic mass is 16.1. The van der Waals surface area contributed by atoms with Crippen LogP contribution in [0, 0.1) is 0 Å². The first-order valence-corrected chi connectivity index (χ1v) is 9.26. The molecule has 0 bridgehead atoms. The molecule has 0 amide bonds. The maximum Gasteiger partial charge on any atom is 0.263 e. The molecule has 0 aliphatic carbocycles. The lowest BCUT2D eigenvalue weighted by Crippen LogP contribution is -2.47. The molecule has 3 aromatic heterocycles. The largest absolute Gasteiger partial charge is 0.340 e. The van der Waals surface area contributed by atoms with Gasteiger partial charge in [0.05, 0.1) is 11.7 Å². The summed E-state index contributed by atoms with van der Waals surface area (Å²) in [6, 6.07) is 4.06. The smallest absolute Gasteiger partial charge is 0.263 e. The molecule has 0 spiro atoms. The molecule has 1 N–H and O–H groups in total. The van der Waals surface area contributed by atoms with Crippen LogP contribution in [0.2, 0.25) is 0 Å². The molecule has 1 saturated heterocycles. The van der Waals surface area contributed by atoms with Crippen LogP contribution < -0.4 is 10.5 Å². The van der Waals surface area contributed by atoms with Crippen molar-refractivity contribution in [2.24, 2.45) is 0 Å². The molecule has 1 fully saturated rings. The molecule has 4 heterocycles. The predicted molar refractivity (Wildman–Crippen MR) is 105 cm³/mol. The van der Waals surface area contributed by atoms with Gasteiger partial charge in [0.15, 0.2) is 5.65 Å². The first kappa shape index (κ1) is 17.7. The molecule has 3 aromatic rings. The van der Waals surface area contributed by atoms with Crippen molar-refractivity contribution in [1.82, 2.24) is 29.6 Å². The molecule has 1 aliphatic rings. The summed E-state index contributed by atoms with van der Waals surface area (Å²) in [6.45, 7) is 10.5. The van der Waals surface area contributed by atoms with Crippen molar-refractivity contribution in [3.8, 4) is 0 Å². The van der Waals surface area contributed by atoms with Crippen molar-refractivity contribution in [3.63, 3.8) is 0 Å². The highest BCUT2D eigenvalue weighted by molar-refractivity contribution is 5.74. The zero-order valence-electron chi connectivity index (χ0n) is 16.0. The minimum absolute atomic E-state index is 0.136. The van der Waals surface area contributed by atoms with E-state index in [2.05, 4.69) is 51.7 Å². The number of H-pyrrole nitrogens is 1. The number of nitrogens with zero attached hydrogens (tertiary/aromatic N) is 6. The normalized spacial score (nSPS) is 16.2. The number of hydrogen-bond donors (Lipinski definition) is 1. The van der Waals surface area contributed by atoms with Crippen LogP contribution in [0.5, 0.6) is 0 Å². The summed E-state index contributed by atoms with van der Waals surface area (Å²) in [6.07, 6.45) is 5.30. The van der Waals surface area contributed by atoms with Crippen LogP contribution in [-0.4, -0.2) is 55.8 Å². The van der Waals surface area contributed by atoms with Crippen LogP contribution >= 0.6 is 0 Å². The van der Waals surface area contributed by atoms with E-state index in [0.29, 0.717) is 17.0 Å². The molecule has 0 unspecified atom stereocenters. The van der Waals surface area contributed by atoms with Crippen LogP contribution in [0.25, 0.3) is 11.0 Å². The molecular weight excluding hydrogens is 342 g/mol. The molecule has 0 aromatic carbocycles. The third-order valence-corrected chi connectivity index (χ3v) is 4.86. The van der Waals surface area contributed by atoms with Gasteiger partial charge in [-0.15, -0.1) is 0 Å². The van der Waals surface area contributed by atoms with Gasteiger partial charge in [0.1, 0.15) is 5.39 Å². The summed E-state index contributed by atoms with van der Waals surface area (Å²) in [5.74, 6) is 0.625. The lowest BCUT2D eigenvalue weighted by molar-refractivity contribution is 0.248. The average molecular weight is 367 g/mol. The lowest BCUT2D eigenvalue weighted by atomic mass is 10.1. The average Bonchev–Trinajstić information content (AvgIpc) is 3.08. The van der Waals surface area contributed by atoms with E-state index in [1.165, 1.54) is 5.56 Å². The van der Waals surface area contributed by atoms with E-state index in [-0.39, 0.29) is 11.1 Å². The molecule has 8 nitrogen and oxygen atoms in total. The quantitative estimate of drug-likeness (QED) is 0.757.